The smallest absolute Gasteiger partial charge is 0.284 e. The summed E-state index contributed by atoms with van der Waals surface area (Å²) < 4.78 is 11.5. The summed E-state index contributed by atoms with van der Waals surface area (Å²) in [7, 11) is 0. The number of nitrogens with zero attached hydrogens (tertiary/aromatic N) is 2. The number of carbonyl (C=O) groups excluding carboxylic acids is 1. The number of furan rings is 1. The van der Waals surface area contributed by atoms with Gasteiger partial charge < -0.3 is 24.7 Å². The fourth-order valence-electron chi connectivity index (χ4n) is 5.47. The predicted molar refractivity (Wildman–Crippen MR) is 112 cm³/mol. The van der Waals surface area contributed by atoms with E-state index in [9.17, 15) is 4.79 Å². The Morgan fingerprint density at radius 3 is 2.38 bits per heavy atom. The largest absolute Gasteiger partial charge is 0.451 e. The first-order valence-electron chi connectivity index (χ1n) is 10.7. The molecule has 2 N–H and O–H groups in total. The molecule has 0 aliphatic carbocycles. The Balaban J connectivity index is 1.45. The van der Waals surface area contributed by atoms with Crippen molar-refractivity contribution in [2.24, 2.45) is 11.7 Å². The molecule has 6 rings (SSSR count). The zero-order chi connectivity index (χ0) is 20.0. The van der Waals surface area contributed by atoms with Crippen LogP contribution in [0, 0.1) is 5.92 Å². The molecule has 2 atom stereocenters. The maximum Gasteiger partial charge on any atom is 0.284 e. The van der Waals surface area contributed by atoms with Gasteiger partial charge in [-0.25, -0.2) is 0 Å². The van der Waals surface area contributed by atoms with Gasteiger partial charge in [-0.15, -0.1) is 0 Å². The number of piperidine rings is 3. The summed E-state index contributed by atoms with van der Waals surface area (Å²) in [4.78, 5) is 17.0. The SMILES string of the molecule is C[C@H]1[C@@H](c2cc(-c3ccc(N4CCOCC4)cc3)oc2C(N)=O)C2CCN1CC2. The van der Waals surface area contributed by atoms with E-state index in [2.05, 4.69) is 47.1 Å². The van der Waals surface area contributed by atoms with Crippen molar-refractivity contribution in [3.8, 4) is 11.3 Å². The molecule has 2 bridgehead atoms. The number of nitrogens with two attached hydrogens (primary N) is 1. The molecule has 6 heteroatoms. The highest BCUT2D eigenvalue weighted by Gasteiger charge is 2.43. The second-order valence-electron chi connectivity index (χ2n) is 8.55. The second-order valence-corrected chi connectivity index (χ2v) is 8.55. The first-order chi connectivity index (χ1) is 14.1. The van der Waals surface area contributed by atoms with Crippen molar-refractivity contribution in [2.75, 3.05) is 44.3 Å². The van der Waals surface area contributed by atoms with Gasteiger partial charge in [-0.05, 0) is 69.1 Å². The number of rotatable bonds is 4. The quantitative estimate of drug-likeness (QED) is 0.861. The van der Waals surface area contributed by atoms with Crippen LogP contribution in [0.5, 0.6) is 0 Å². The highest BCUT2D eigenvalue weighted by Crippen LogP contribution is 2.45. The van der Waals surface area contributed by atoms with Crippen molar-refractivity contribution in [1.29, 1.82) is 0 Å². The molecule has 6 nitrogen and oxygen atoms in total. The van der Waals surface area contributed by atoms with Crippen LogP contribution >= 0.6 is 0 Å². The summed E-state index contributed by atoms with van der Waals surface area (Å²) in [6.07, 6.45) is 2.37. The number of benzene rings is 1. The number of amides is 1. The minimum atomic E-state index is -0.472. The molecule has 0 spiro atoms. The van der Waals surface area contributed by atoms with Crippen molar-refractivity contribution in [1.82, 2.24) is 4.90 Å². The molecule has 0 radical (unpaired) electrons. The van der Waals surface area contributed by atoms with Gasteiger partial charge in [0.05, 0.1) is 13.2 Å². The lowest BCUT2D eigenvalue weighted by Gasteiger charge is -2.49. The molecule has 2 aromatic rings. The van der Waals surface area contributed by atoms with E-state index in [-0.39, 0.29) is 0 Å². The highest BCUT2D eigenvalue weighted by atomic mass is 16.5. The Bertz CT molecular complexity index is 875. The molecule has 1 amide bonds. The van der Waals surface area contributed by atoms with Gasteiger partial charge in [0.2, 0.25) is 0 Å². The number of carbonyl (C=O) groups is 1. The third kappa shape index (κ3) is 3.34. The van der Waals surface area contributed by atoms with Gasteiger partial charge in [0.1, 0.15) is 5.76 Å². The van der Waals surface area contributed by atoms with E-state index in [1.165, 1.54) is 18.5 Å². The fourth-order valence-corrected chi connectivity index (χ4v) is 5.47. The van der Waals surface area contributed by atoms with Gasteiger partial charge in [-0.1, -0.05) is 0 Å². The van der Waals surface area contributed by atoms with E-state index in [1.807, 2.05) is 0 Å². The second kappa shape index (κ2) is 7.50. The van der Waals surface area contributed by atoms with Gasteiger partial charge in [-0.2, -0.15) is 0 Å². The van der Waals surface area contributed by atoms with Crippen LogP contribution < -0.4 is 10.6 Å². The van der Waals surface area contributed by atoms with E-state index in [1.54, 1.807) is 0 Å². The lowest BCUT2D eigenvalue weighted by atomic mass is 9.71. The Labute approximate surface area is 171 Å². The summed E-state index contributed by atoms with van der Waals surface area (Å²) in [5.41, 5.74) is 8.87. The zero-order valence-corrected chi connectivity index (χ0v) is 17.0. The van der Waals surface area contributed by atoms with E-state index in [4.69, 9.17) is 14.9 Å². The number of hydrogen-bond acceptors (Lipinski definition) is 5. The van der Waals surface area contributed by atoms with Gasteiger partial charge in [0.25, 0.3) is 5.91 Å². The van der Waals surface area contributed by atoms with E-state index in [0.29, 0.717) is 23.6 Å². The molecule has 4 fully saturated rings. The Hall–Kier alpha value is -2.31. The molecule has 4 aliphatic heterocycles. The van der Waals surface area contributed by atoms with Crippen molar-refractivity contribution in [2.45, 2.75) is 31.7 Å². The predicted octanol–water partition coefficient (Wildman–Crippen LogP) is 3.08. The molecule has 4 aliphatic rings. The lowest BCUT2D eigenvalue weighted by molar-refractivity contribution is 0.0343. The summed E-state index contributed by atoms with van der Waals surface area (Å²) in [5.74, 6) is 1.50. The van der Waals surface area contributed by atoms with Crippen LogP contribution in [0.3, 0.4) is 0 Å². The third-order valence-electron chi connectivity index (χ3n) is 7.05. The summed E-state index contributed by atoms with van der Waals surface area (Å²) in [5, 5.41) is 0. The normalized spacial score (nSPS) is 29.2. The van der Waals surface area contributed by atoms with Crippen molar-refractivity contribution in [3.05, 3.63) is 41.7 Å². The standard InChI is InChI=1S/C23H29N3O3/c1-15-21(17-6-8-25(15)9-7-17)19-14-20(29-22(19)23(24)27)16-2-4-18(5-3-16)26-10-12-28-13-11-26/h2-5,14-15,17,21H,6-13H2,1H3,(H2,24,27)/t15-,21+/m0/s1. The van der Waals surface area contributed by atoms with Crippen molar-refractivity contribution < 1.29 is 13.9 Å². The number of ether oxygens (including phenoxy) is 1. The molecular formula is C23H29N3O3. The Morgan fingerprint density at radius 2 is 1.76 bits per heavy atom. The van der Waals surface area contributed by atoms with Gasteiger partial charge >= 0.3 is 0 Å². The van der Waals surface area contributed by atoms with Gasteiger partial charge in [0.15, 0.2) is 5.76 Å². The summed E-state index contributed by atoms with van der Waals surface area (Å²) in [6.45, 7) is 7.93. The molecule has 0 unspecified atom stereocenters. The van der Waals surface area contributed by atoms with E-state index >= 15 is 0 Å². The Morgan fingerprint density at radius 1 is 1.07 bits per heavy atom. The monoisotopic (exact) mass is 395 g/mol. The maximum atomic E-state index is 12.2. The maximum absolute atomic E-state index is 12.2. The van der Waals surface area contributed by atoms with Crippen LogP contribution in [-0.2, 0) is 4.74 Å². The van der Waals surface area contributed by atoms with Crippen molar-refractivity contribution in [3.63, 3.8) is 0 Å². The summed E-state index contributed by atoms with van der Waals surface area (Å²) in [6, 6.07) is 10.8. The van der Waals surface area contributed by atoms with Crippen LogP contribution in [0.4, 0.5) is 5.69 Å². The minimum Gasteiger partial charge on any atom is -0.451 e. The minimum absolute atomic E-state index is 0.310. The number of fused-ring (bicyclic) bond motifs is 3. The molecule has 1 aromatic heterocycles. The van der Waals surface area contributed by atoms with Gasteiger partial charge in [-0.3, -0.25) is 4.79 Å². The molecule has 0 saturated carbocycles. The first-order valence-corrected chi connectivity index (χ1v) is 10.7. The van der Waals surface area contributed by atoms with Crippen LogP contribution in [0.15, 0.2) is 34.7 Å². The molecule has 5 heterocycles. The van der Waals surface area contributed by atoms with Crippen LogP contribution in [0.1, 0.15) is 41.8 Å². The van der Waals surface area contributed by atoms with E-state index in [0.717, 1.165) is 56.3 Å². The van der Waals surface area contributed by atoms with Gasteiger partial charge in [0, 0.05) is 41.9 Å². The number of anilines is 1. The molecule has 154 valence electrons. The van der Waals surface area contributed by atoms with Crippen LogP contribution in [-0.4, -0.2) is 56.2 Å². The van der Waals surface area contributed by atoms with Crippen LogP contribution in [0.25, 0.3) is 11.3 Å². The average Bonchev–Trinajstić information content (AvgIpc) is 3.21. The number of morpholine rings is 1. The lowest BCUT2D eigenvalue weighted by Crippen LogP contribution is -2.52. The molecular weight excluding hydrogens is 366 g/mol. The first kappa shape index (κ1) is 18.7. The highest BCUT2D eigenvalue weighted by molar-refractivity contribution is 5.92. The zero-order valence-electron chi connectivity index (χ0n) is 17.0. The van der Waals surface area contributed by atoms with Crippen molar-refractivity contribution >= 4 is 11.6 Å². The number of hydrogen-bond donors (Lipinski definition) is 1. The number of primary amides is 1. The topological polar surface area (TPSA) is 71.9 Å². The average molecular weight is 396 g/mol. The molecule has 4 saturated heterocycles. The van der Waals surface area contributed by atoms with E-state index < -0.39 is 5.91 Å². The molecule has 29 heavy (non-hydrogen) atoms. The summed E-state index contributed by atoms with van der Waals surface area (Å²) >= 11 is 0. The molecule has 1 aromatic carbocycles. The fraction of sp³-hybridized carbons (Fsp3) is 0.522. The Kier molecular flexibility index (Phi) is 4.84. The third-order valence-corrected chi connectivity index (χ3v) is 7.05. The van der Waals surface area contributed by atoms with Crippen LogP contribution in [0.2, 0.25) is 0 Å².